The molecule has 5 atom stereocenters. The average molecular weight is 619 g/mol. The number of benzene rings is 1. The van der Waals surface area contributed by atoms with Crippen molar-refractivity contribution >= 4 is 30.1 Å². The molecule has 1 aliphatic heterocycles. The zero-order chi connectivity index (χ0) is 32.3. The topological polar surface area (TPSA) is 152 Å². The quantitative estimate of drug-likeness (QED) is 0.234. The van der Waals surface area contributed by atoms with Crippen molar-refractivity contribution in [2.45, 2.75) is 115 Å². The van der Waals surface area contributed by atoms with E-state index in [0.29, 0.717) is 31.2 Å². The van der Waals surface area contributed by atoms with Crippen molar-refractivity contribution in [2.24, 2.45) is 11.8 Å². The van der Waals surface area contributed by atoms with Crippen LogP contribution in [0.3, 0.4) is 0 Å². The third kappa shape index (κ3) is 11.5. The van der Waals surface area contributed by atoms with Crippen molar-refractivity contribution < 1.29 is 37.8 Å². The van der Waals surface area contributed by atoms with Gasteiger partial charge in [-0.3, -0.25) is 14.4 Å². The summed E-state index contributed by atoms with van der Waals surface area (Å²) in [5.41, 5.74) is -0.225. The molecule has 44 heavy (non-hydrogen) atoms. The molecule has 4 amide bonds. The Morgan fingerprint density at radius 2 is 1.77 bits per heavy atom. The molecule has 0 aromatic heterocycles. The molecule has 1 aromatic rings. The first-order chi connectivity index (χ1) is 20.8. The fourth-order valence-corrected chi connectivity index (χ4v) is 5.82. The largest absolute Gasteiger partial charge is 0.445 e. The van der Waals surface area contributed by atoms with E-state index < -0.39 is 53.6 Å². The van der Waals surface area contributed by atoms with Gasteiger partial charge in [-0.2, -0.15) is 0 Å². The van der Waals surface area contributed by atoms with E-state index in [-0.39, 0.29) is 30.8 Å². The number of aldehydes is 1. The number of rotatable bonds is 14. The molecule has 1 saturated carbocycles. The SMILES string of the molecule is C[C@@H](OC(C)(C)C)[C@H](NC(=O)OCc1cccc(F)c1)C(=O)N[C@@H](CC1CCCCC1)C(=O)N[C@H](C=O)C[C@@H]1CCNC1=O. The van der Waals surface area contributed by atoms with Crippen LogP contribution in [-0.4, -0.2) is 66.5 Å². The molecule has 4 N–H and O–H groups in total. The average Bonchev–Trinajstić information content (AvgIpc) is 3.37. The predicted octanol–water partition coefficient (Wildman–Crippen LogP) is 3.29. The van der Waals surface area contributed by atoms with Gasteiger partial charge >= 0.3 is 6.09 Å². The lowest BCUT2D eigenvalue weighted by molar-refractivity contribution is -0.136. The minimum Gasteiger partial charge on any atom is -0.445 e. The minimum atomic E-state index is -1.24. The molecule has 0 radical (unpaired) electrons. The van der Waals surface area contributed by atoms with Gasteiger partial charge in [0.1, 0.15) is 30.8 Å². The minimum absolute atomic E-state index is 0.149. The van der Waals surface area contributed by atoms with E-state index in [4.69, 9.17) is 9.47 Å². The number of hydrogen-bond donors (Lipinski definition) is 4. The predicted molar refractivity (Wildman–Crippen MR) is 161 cm³/mol. The number of alkyl carbamates (subject to hydrolysis) is 1. The summed E-state index contributed by atoms with van der Waals surface area (Å²) in [5.74, 6) is -1.99. The number of ether oxygens (including phenoxy) is 2. The maximum Gasteiger partial charge on any atom is 0.408 e. The van der Waals surface area contributed by atoms with Gasteiger partial charge in [-0.1, -0.05) is 44.2 Å². The molecule has 2 aliphatic rings. The van der Waals surface area contributed by atoms with Crippen molar-refractivity contribution in [3.8, 4) is 0 Å². The zero-order valence-corrected chi connectivity index (χ0v) is 26.2. The fraction of sp³-hybridized carbons (Fsp3) is 0.656. The standard InChI is InChI=1S/C32H47FN4O7/c1-20(44-32(2,3)4)27(37-31(42)43-19-22-11-8-12-24(33)15-22)30(41)36-26(16-21-9-6-5-7-10-21)29(40)35-25(18-38)17-23-13-14-34-28(23)39/h8,11-12,15,18,20-21,23,25-27H,5-7,9-10,13-14,16-17,19H2,1-4H3,(H,34,39)(H,35,40)(H,36,41)(H,37,42)/t20-,23+,25+,26+,27+/m1/s1. The second kappa shape index (κ2) is 16.5. The maximum absolute atomic E-state index is 13.7. The first kappa shape index (κ1) is 34.9. The summed E-state index contributed by atoms with van der Waals surface area (Å²) in [4.78, 5) is 64.0. The number of amides is 4. The van der Waals surface area contributed by atoms with E-state index in [1.165, 1.54) is 18.2 Å². The first-order valence-corrected chi connectivity index (χ1v) is 15.5. The Hall–Kier alpha value is -3.54. The van der Waals surface area contributed by atoms with Gasteiger partial charge in [-0.05, 0) is 70.6 Å². The van der Waals surface area contributed by atoms with Crippen LogP contribution in [0.1, 0.15) is 84.6 Å². The van der Waals surface area contributed by atoms with Crippen LogP contribution in [0.5, 0.6) is 0 Å². The molecule has 1 saturated heterocycles. The normalized spacial score (nSPS) is 20.0. The van der Waals surface area contributed by atoms with E-state index in [9.17, 15) is 28.4 Å². The lowest BCUT2D eigenvalue weighted by Crippen LogP contribution is -2.59. The van der Waals surface area contributed by atoms with Crippen LogP contribution in [0.2, 0.25) is 0 Å². The molecule has 244 valence electrons. The number of halogens is 1. The number of carbonyl (C=O) groups is 5. The van der Waals surface area contributed by atoms with Crippen molar-refractivity contribution in [1.82, 2.24) is 21.3 Å². The molecular weight excluding hydrogens is 571 g/mol. The van der Waals surface area contributed by atoms with Gasteiger partial charge in [0.2, 0.25) is 17.7 Å². The van der Waals surface area contributed by atoms with Gasteiger partial charge in [0.05, 0.1) is 17.7 Å². The monoisotopic (exact) mass is 618 g/mol. The summed E-state index contributed by atoms with van der Waals surface area (Å²) in [6.07, 6.45) is 4.98. The van der Waals surface area contributed by atoms with Crippen LogP contribution >= 0.6 is 0 Å². The van der Waals surface area contributed by atoms with E-state index in [1.807, 2.05) is 20.8 Å². The van der Waals surface area contributed by atoms with Gasteiger partial charge < -0.3 is 35.5 Å². The van der Waals surface area contributed by atoms with E-state index in [1.54, 1.807) is 13.0 Å². The molecule has 1 aliphatic carbocycles. The van der Waals surface area contributed by atoms with Gasteiger partial charge in [0.15, 0.2) is 0 Å². The second-order valence-corrected chi connectivity index (χ2v) is 12.8. The Kier molecular flexibility index (Phi) is 13.1. The molecule has 0 spiro atoms. The summed E-state index contributed by atoms with van der Waals surface area (Å²) >= 11 is 0. The van der Waals surface area contributed by atoms with E-state index in [2.05, 4.69) is 21.3 Å². The van der Waals surface area contributed by atoms with Crippen LogP contribution in [0.4, 0.5) is 9.18 Å². The van der Waals surface area contributed by atoms with Gasteiger partial charge in [-0.25, -0.2) is 9.18 Å². The summed E-state index contributed by atoms with van der Waals surface area (Å²) in [5, 5.41) is 10.8. The Morgan fingerprint density at radius 1 is 1.05 bits per heavy atom. The lowest BCUT2D eigenvalue weighted by Gasteiger charge is -2.32. The fourth-order valence-electron chi connectivity index (χ4n) is 5.82. The van der Waals surface area contributed by atoms with Crippen molar-refractivity contribution in [3.63, 3.8) is 0 Å². The Morgan fingerprint density at radius 3 is 2.39 bits per heavy atom. The third-order valence-electron chi connectivity index (χ3n) is 7.94. The van der Waals surface area contributed by atoms with Gasteiger partial charge in [0.25, 0.3) is 0 Å². The van der Waals surface area contributed by atoms with Gasteiger partial charge in [-0.15, -0.1) is 0 Å². The summed E-state index contributed by atoms with van der Waals surface area (Å²) in [6, 6.07) is 2.50. The van der Waals surface area contributed by atoms with Crippen LogP contribution in [0.15, 0.2) is 24.3 Å². The highest BCUT2D eigenvalue weighted by atomic mass is 19.1. The molecule has 3 rings (SSSR count). The molecule has 0 bridgehead atoms. The molecule has 2 fully saturated rings. The molecule has 12 heteroatoms. The highest BCUT2D eigenvalue weighted by molar-refractivity contribution is 5.92. The molecule has 1 aromatic carbocycles. The highest BCUT2D eigenvalue weighted by Crippen LogP contribution is 2.28. The maximum atomic E-state index is 13.7. The van der Waals surface area contributed by atoms with E-state index in [0.717, 1.165) is 32.1 Å². The smallest absolute Gasteiger partial charge is 0.408 e. The summed E-state index contributed by atoms with van der Waals surface area (Å²) in [6.45, 7) is 7.37. The molecular formula is C32H47FN4O7. The van der Waals surface area contributed by atoms with Crippen LogP contribution in [0.25, 0.3) is 0 Å². The zero-order valence-electron chi connectivity index (χ0n) is 26.2. The number of hydrogen-bond acceptors (Lipinski definition) is 7. The van der Waals surface area contributed by atoms with Crippen LogP contribution in [-0.2, 0) is 35.3 Å². The summed E-state index contributed by atoms with van der Waals surface area (Å²) in [7, 11) is 0. The molecule has 0 unspecified atom stereocenters. The number of carbonyl (C=O) groups excluding carboxylic acids is 5. The molecule has 1 heterocycles. The third-order valence-corrected chi connectivity index (χ3v) is 7.94. The Balaban J connectivity index is 1.74. The second-order valence-electron chi connectivity index (χ2n) is 12.8. The van der Waals surface area contributed by atoms with Crippen molar-refractivity contribution in [1.29, 1.82) is 0 Å². The Labute approximate surface area is 258 Å². The molecule has 11 nitrogen and oxygen atoms in total. The van der Waals surface area contributed by atoms with E-state index >= 15 is 0 Å². The summed E-state index contributed by atoms with van der Waals surface area (Å²) < 4.78 is 24.8. The van der Waals surface area contributed by atoms with Crippen molar-refractivity contribution in [2.75, 3.05) is 6.54 Å². The van der Waals surface area contributed by atoms with Crippen LogP contribution < -0.4 is 21.3 Å². The first-order valence-electron chi connectivity index (χ1n) is 15.5. The van der Waals surface area contributed by atoms with Gasteiger partial charge in [0, 0.05) is 12.5 Å². The van der Waals surface area contributed by atoms with Crippen molar-refractivity contribution in [3.05, 3.63) is 35.6 Å². The Bertz CT molecular complexity index is 1150. The van der Waals surface area contributed by atoms with Crippen LogP contribution in [0, 0.1) is 17.7 Å². The lowest BCUT2D eigenvalue weighted by atomic mass is 9.84. The number of nitrogens with one attached hydrogen (secondary N) is 4. The highest BCUT2D eigenvalue weighted by Gasteiger charge is 2.36.